The Balaban J connectivity index is 2.13. The van der Waals surface area contributed by atoms with Crippen LogP contribution < -0.4 is 0 Å². The Hall–Kier alpha value is -3.02. The van der Waals surface area contributed by atoms with Gasteiger partial charge in [-0.25, -0.2) is 0 Å². The van der Waals surface area contributed by atoms with Gasteiger partial charge in [-0.1, -0.05) is 17.7 Å². The minimum absolute atomic E-state index is 0.128. The van der Waals surface area contributed by atoms with Crippen molar-refractivity contribution >= 4 is 0 Å². The van der Waals surface area contributed by atoms with Gasteiger partial charge in [-0.15, -0.1) is 0 Å². The van der Waals surface area contributed by atoms with Crippen molar-refractivity contribution in [3.05, 3.63) is 84.5 Å². The number of phenols is 3. The maximum atomic E-state index is 11.3. The lowest BCUT2D eigenvalue weighted by molar-refractivity contribution is 0.273. The van der Waals surface area contributed by atoms with Crippen molar-refractivity contribution in [3.63, 3.8) is 0 Å². The second kappa shape index (κ2) is 9.69. The van der Waals surface area contributed by atoms with E-state index < -0.39 is 0 Å². The molecular formula is C29H36O5. The molecule has 182 valence electrons. The van der Waals surface area contributed by atoms with Crippen molar-refractivity contribution in [2.45, 2.75) is 74.5 Å². The summed E-state index contributed by atoms with van der Waals surface area (Å²) in [7, 11) is 0. The highest BCUT2D eigenvalue weighted by atomic mass is 16.3. The fourth-order valence-electron chi connectivity index (χ4n) is 5.04. The summed E-state index contributed by atoms with van der Waals surface area (Å²) >= 11 is 0. The van der Waals surface area contributed by atoms with Crippen LogP contribution in [0.1, 0.15) is 72.3 Å². The lowest BCUT2D eigenvalue weighted by atomic mass is 9.86. The maximum Gasteiger partial charge on any atom is 0.124 e. The molecule has 0 unspecified atom stereocenters. The molecule has 0 aliphatic rings. The van der Waals surface area contributed by atoms with Gasteiger partial charge in [-0.2, -0.15) is 0 Å². The molecule has 0 saturated carbocycles. The van der Waals surface area contributed by atoms with Crippen LogP contribution in [0.5, 0.6) is 17.2 Å². The molecule has 0 spiro atoms. The summed E-state index contributed by atoms with van der Waals surface area (Å²) in [5, 5.41) is 51.8. The van der Waals surface area contributed by atoms with Crippen LogP contribution >= 0.6 is 0 Å². The molecule has 0 atom stereocenters. The third-order valence-corrected chi connectivity index (χ3v) is 7.59. The Labute approximate surface area is 202 Å². The molecule has 0 heterocycles. The van der Waals surface area contributed by atoms with E-state index in [1.165, 1.54) is 0 Å². The topological polar surface area (TPSA) is 101 Å². The van der Waals surface area contributed by atoms with Gasteiger partial charge in [0.1, 0.15) is 17.2 Å². The zero-order chi connectivity index (χ0) is 25.5. The molecule has 5 heteroatoms. The summed E-state index contributed by atoms with van der Waals surface area (Å²) in [5.74, 6) is 0.475. The lowest BCUT2D eigenvalue weighted by Crippen LogP contribution is -2.06. The van der Waals surface area contributed by atoms with Crippen molar-refractivity contribution < 1.29 is 25.5 Å². The average Bonchev–Trinajstić information content (AvgIpc) is 2.80. The number of phenolic OH excluding ortho intramolecular Hbond substituents is 1. The van der Waals surface area contributed by atoms with Gasteiger partial charge >= 0.3 is 0 Å². The number of aryl methyl sites for hydroxylation is 1. The Morgan fingerprint density at radius 1 is 0.471 bits per heavy atom. The number of aliphatic hydroxyl groups is 2. The quantitative estimate of drug-likeness (QED) is 0.348. The van der Waals surface area contributed by atoms with Gasteiger partial charge in [0.15, 0.2) is 0 Å². The van der Waals surface area contributed by atoms with Gasteiger partial charge in [-0.3, -0.25) is 0 Å². The molecule has 34 heavy (non-hydrogen) atoms. The molecule has 0 amide bonds. The van der Waals surface area contributed by atoms with E-state index in [2.05, 4.69) is 0 Å². The van der Waals surface area contributed by atoms with Crippen LogP contribution in [0.3, 0.4) is 0 Å². The maximum absolute atomic E-state index is 11.3. The van der Waals surface area contributed by atoms with Gasteiger partial charge < -0.3 is 25.5 Å². The second-order valence-corrected chi connectivity index (χ2v) is 9.46. The highest BCUT2D eigenvalue weighted by Gasteiger charge is 2.21. The SMILES string of the molecule is Cc1cc(Cc2c(C)c(C)c(O)c(CO)c2C)c(O)c(Cc2c(C)c(C)c(O)c(CO)c2C)c1. The largest absolute Gasteiger partial charge is 0.507 e. The summed E-state index contributed by atoms with van der Waals surface area (Å²) in [6, 6.07) is 3.94. The van der Waals surface area contributed by atoms with Crippen LogP contribution in [0.2, 0.25) is 0 Å². The van der Waals surface area contributed by atoms with Crippen molar-refractivity contribution in [2.75, 3.05) is 0 Å². The number of benzene rings is 3. The van der Waals surface area contributed by atoms with E-state index >= 15 is 0 Å². The minimum atomic E-state index is -0.247. The molecule has 3 aromatic rings. The fourth-order valence-corrected chi connectivity index (χ4v) is 5.04. The molecule has 0 saturated heterocycles. The first-order chi connectivity index (χ1) is 15.9. The van der Waals surface area contributed by atoms with Crippen LogP contribution in [-0.2, 0) is 26.1 Å². The number of aliphatic hydroxyl groups excluding tert-OH is 2. The van der Waals surface area contributed by atoms with E-state index in [9.17, 15) is 25.5 Å². The lowest BCUT2D eigenvalue weighted by Gasteiger charge is -2.21. The zero-order valence-electron chi connectivity index (χ0n) is 21.2. The number of hydrogen-bond donors (Lipinski definition) is 5. The third kappa shape index (κ3) is 4.26. The predicted molar refractivity (Wildman–Crippen MR) is 135 cm³/mol. The van der Waals surface area contributed by atoms with Gasteiger partial charge in [0.2, 0.25) is 0 Å². The number of hydrogen-bond acceptors (Lipinski definition) is 5. The molecule has 0 bridgehead atoms. The standard InChI is InChI=1S/C29H36O5/c1-14-8-21(10-23-15(2)17(4)27(32)25(12-30)19(23)6)29(34)22(9-14)11-24-16(3)18(5)28(33)26(13-31)20(24)7/h8-9,30-34H,10-13H2,1-7H3. The first-order valence-electron chi connectivity index (χ1n) is 11.6. The van der Waals surface area contributed by atoms with E-state index in [-0.39, 0.29) is 30.5 Å². The molecule has 3 rings (SSSR count). The second-order valence-electron chi connectivity index (χ2n) is 9.46. The predicted octanol–water partition coefficient (Wildman–Crippen LogP) is 5.13. The summed E-state index contributed by atoms with van der Waals surface area (Å²) < 4.78 is 0. The summed E-state index contributed by atoms with van der Waals surface area (Å²) in [6.45, 7) is 12.9. The Kier molecular flexibility index (Phi) is 7.29. The van der Waals surface area contributed by atoms with Crippen LogP contribution in [0.15, 0.2) is 12.1 Å². The van der Waals surface area contributed by atoms with Crippen molar-refractivity contribution in [1.82, 2.24) is 0 Å². The minimum Gasteiger partial charge on any atom is -0.507 e. The van der Waals surface area contributed by atoms with E-state index in [1.807, 2.05) is 60.6 Å². The highest BCUT2D eigenvalue weighted by Crippen LogP contribution is 2.38. The summed E-state index contributed by atoms with van der Waals surface area (Å²) in [5.41, 5.74) is 10.6. The van der Waals surface area contributed by atoms with E-state index in [1.54, 1.807) is 0 Å². The van der Waals surface area contributed by atoms with Crippen LogP contribution in [0.4, 0.5) is 0 Å². The molecule has 5 N–H and O–H groups in total. The fraction of sp³-hybridized carbons (Fsp3) is 0.379. The molecule has 0 aliphatic heterocycles. The molecule has 0 aromatic heterocycles. The van der Waals surface area contributed by atoms with Crippen LogP contribution in [0.25, 0.3) is 0 Å². The van der Waals surface area contributed by atoms with E-state index in [4.69, 9.17) is 0 Å². The Morgan fingerprint density at radius 3 is 1.15 bits per heavy atom. The van der Waals surface area contributed by atoms with Crippen molar-refractivity contribution in [2.24, 2.45) is 0 Å². The van der Waals surface area contributed by atoms with Gasteiger partial charge in [0, 0.05) is 24.0 Å². The monoisotopic (exact) mass is 464 g/mol. The van der Waals surface area contributed by atoms with Crippen molar-refractivity contribution in [1.29, 1.82) is 0 Å². The van der Waals surface area contributed by atoms with Gasteiger partial charge in [0.05, 0.1) is 13.2 Å². The third-order valence-electron chi connectivity index (χ3n) is 7.59. The van der Waals surface area contributed by atoms with Gasteiger partial charge in [0.25, 0.3) is 0 Å². The Morgan fingerprint density at radius 2 is 0.824 bits per heavy atom. The van der Waals surface area contributed by atoms with Crippen molar-refractivity contribution in [3.8, 4) is 17.2 Å². The zero-order valence-corrected chi connectivity index (χ0v) is 21.2. The number of aromatic hydroxyl groups is 3. The average molecular weight is 465 g/mol. The molecule has 3 aromatic carbocycles. The molecule has 0 radical (unpaired) electrons. The van der Waals surface area contributed by atoms with Crippen LogP contribution in [0, 0.1) is 48.5 Å². The molecule has 0 fully saturated rings. The molecule has 5 nitrogen and oxygen atoms in total. The molecular weight excluding hydrogens is 428 g/mol. The van der Waals surface area contributed by atoms with E-state index in [0.717, 1.165) is 61.2 Å². The highest BCUT2D eigenvalue weighted by molar-refractivity contribution is 5.58. The first kappa shape index (κ1) is 25.6. The summed E-state index contributed by atoms with van der Waals surface area (Å²) in [6.07, 6.45) is 0.946. The van der Waals surface area contributed by atoms with E-state index in [0.29, 0.717) is 24.0 Å². The summed E-state index contributed by atoms with van der Waals surface area (Å²) in [4.78, 5) is 0. The van der Waals surface area contributed by atoms with Crippen LogP contribution in [-0.4, -0.2) is 25.5 Å². The van der Waals surface area contributed by atoms with Gasteiger partial charge in [-0.05, 0) is 104 Å². The normalized spacial score (nSPS) is 11.3. The smallest absolute Gasteiger partial charge is 0.124 e. The Bertz CT molecular complexity index is 1180. The first-order valence-corrected chi connectivity index (χ1v) is 11.6. The molecule has 0 aliphatic carbocycles. The number of rotatable bonds is 6.